The SMILES string of the molecule is O=[N+]([O-])c1ccc(Cl)cc1[C@@H]1CCCN1. The Kier molecular flexibility index (Phi) is 2.88. The fourth-order valence-corrected chi connectivity index (χ4v) is 2.10. The number of nitrogens with zero attached hydrogens (tertiary/aromatic N) is 1. The zero-order chi connectivity index (χ0) is 10.8. The van der Waals surface area contributed by atoms with Crippen LogP contribution in [-0.2, 0) is 0 Å². The van der Waals surface area contributed by atoms with Crippen molar-refractivity contribution in [2.24, 2.45) is 0 Å². The Balaban J connectivity index is 2.41. The molecule has 1 N–H and O–H groups in total. The molecule has 2 rings (SSSR count). The van der Waals surface area contributed by atoms with Crippen LogP contribution in [0, 0.1) is 10.1 Å². The van der Waals surface area contributed by atoms with Gasteiger partial charge in [0.05, 0.1) is 4.92 Å². The van der Waals surface area contributed by atoms with Crippen LogP contribution in [0.25, 0.3) is 0 Å². The first-order chi connectivity index (χ1) is 7.18. The van der Waals surface area contributed by atoms with E-state index in [9.17, 15) is 10.1 Å². The van der Waals surface area contributed by atoms with Crippen molar-refractivity contribution in [1.29, 1.82) is 0 Å². The van der Waals surface area contributed by atoms with Crippen LogP contribution in [0.15, 0.2) is 18.2 Å². The van der Waals surface area contributed by atoms with Gasteiger partial charge in [-0.3, -0.25) is 10.1 Å². The Labute approximate surface area is 92.4 Å². The first-order valence-corrected chi connectivity index (χ1v) is 5.23. The summed E-state index contributed by atoms with van der Waals surface area (Å²) in [5.41, 5.74) is 0.851. The molecule has 0 saturated carbocycles. The summed E-state index contributed by atoms with van der Waals surface area (Å²) < 4.78 is 0. The molecular formula is C10H11ClN2O2. The van der Waals surface area contributed by atoms with Crippen LogP contribution in [0.5, 0.6) is 0 Å². The molecule has 0 aliphatic carbocycles. The molecule has 1 saturated heterocycles. The number of nitrogens with one attached hydrogen (secondary N) is 1. The molecule has 1 aliphatic rings. The molecule has 0 unspecified atom stereocenters. The highest BCUT2D eigenvalue weighted by Crippen LogP contribution is 2.32. The summed E-state index contributed by atoms with van der Waals surface area (Å²) in [5.74, 6) is 0. The van der Waals surface area contributed by atoms with Crippen molar-refractivity contribution >= 4 is 17.3 Å². The van der Waals surface area contributed by atoms with Gasteiger partial charge in [0.15, 0.2) is 0 Å². The second kappa shape index (κ2) is 4.16. The number of halogens is 1. The number of benzene rings is 1. The summed E-state index contributed by atoms with van der Waals surface area (Å²) in [6.07, 6.45) is 1.98. The number of nitro benzene ring substituents is 1. The van der Waals surface area contributed by atoms with Crippen molar-refractivity contribution in [2.45, 2.75) is 18.9 Å². The van der Waals surface area contributed by atoms with Crippen LogP contribution >= 0.6 is 11.6 Å². The standard InChI is InChI=1S/C10H11ClN2O2/c11-7-3-4-10(13(14)15)8(6-7)9-2-1-5-12-9/h3-4,6,9,12H,1-2,5H2/t9-/m0/s1. The fraction of sp³-hybridized carbons (Fsp3) is 0.400. The molecule has 1 atom stereocenters. The Morgan fingerprint density at radius 1 is 1.53 bits per heavy atom. The molecule has 0 radical (unpaired) electrons. The molecule has 4 nitrogen and oxygen atoms in total. The lowest BCUT2D eigenvalue weighted by atomic mass is 10.0. The first-order valence-electron chi connectivity index (χ1n) is 4.85. The van der Waals surface area contributed by atoms with E-state index in [1.165, 1.54) is 6.07 Å². The third-order valence-corrected chi connectivity index (χ3v) is 2.86. The Bertz CT molecular complexity index is 389. The molecule has 80 valence electrons. The van der Waals surface area contributed by atoms with Gasteiger partial charge < -0.3 is 5.32 Å². The summed E-state index contributed by atoms with van der Waals surface area (Å²) in [5, 5.41) is 14.6. The monoisotopic (exact) mass is 226 g/mol. The van der Waals surface area contributed by atoms with Gasteiger partial charge in [0.1, 0.15) is 0 Å². The van der Waals surface area contributed by atoms with Gasteiger partial charge in [0.2, 0.25) is 0 Å². The molecule has 1 aromatic rings. The highest BCUT2D eigenvalue weighted by molar-refractivity contribution is 6.30. The largest absolute Gasteiger partial charge is 0.310 e. The Morgan fingerprint density at radius 2 is 2.33 bits per heavy atom. The van der Waals surface area contributed by atoms with Gasteiger partial charge >= 0.3 is 0 Å². The predicted octanol–water partition coefficient (Wildman–Crippen LogP) is 2.67. The zero-order valence-corrected chi connectivity index (χ0v) is 8.83. The van der Waals surface area contributed by atoms with Crippen LogP contribution in [0.2, 0.25) is 5.02 Å². The second-order valence-corrected chi connectivity index (χ2v) is 4.05. The van der Waals surface area contributed by atoms with Crippen molar-refractivity contribution in [1.82, 2.24) is 5.32 Å². The normalized spacial score (nSPS) is 20.5. The van der Waals surface area contributed by atoms with E-state index in [1.54, 1.807) is 12.1 Å². The van der Waals surface area contributed by atoms with Crippen molar-refractivity contribution in [3.63, 3.8) is 0 Å². The maximum atomic E-state index is 10.8. The van der Waals surface area contributed by atoms with Crippen LogP contribution < -0.4 is 5.32 Å². The van der Waals surface area contributed by atoms with Gasteiger partial charge in [-0.15, -0.1) is 0 Å². The summed E-state index contributed by atoms with van der Waals surface area (Å²) in [6, 6.07) is 4.78. The Morgan fingerprint density at radius 3 is 2.93 bits per heavy atom. The van der Waals surface area contributed by atoms with Gasteiger partial charge in [-0.2, -0.15) is 0 Å². The summed E-state index contributed by atoms with van der Waals surface area (Å²) in [6.45, 7) is 0.911. The number of hydrogen-bond donors (Lipinski definition) is 1. The van der Waals surface area contributed by atoms with Gasteiger partial charge in [-0.1, -0.05) is 11.6 Å². The van der Waals surface area contributed by atoms with E-state index < -0.39 is 0 Å². The van der Waals surface area contributed by atoms with Crippen LogP contribution in [0.4, 0.5) is 5.69 Å². The number of hydrogen-bond acceptors (Lipinski definition) is 3. The van der Waals surface area contributed by atoms with E-state index >= 15 is 0 Å². The molecule has 15 heavy (non-hydrogen) atoms. The van der Waals surface area contributed by atoms with E-state index in [2.05, 4.69) is 5.32 Å². The molecule has 1 fully saturated rings. The third kappa shape index (κ3) is 2.11. The van der Waals surface area contributed by atoms with E-state index in [0.717, 1.165) is 19.4 Å². The van der Waals surface area contributed by atoms with Crippen LogP contribution in [0.1, 0.15) is 24.4 Å². The molecule has 0 amide bonds. The van der Waals surface area contributed by atoms with Crippen molar-refractivity contribution in [2.75, 3.05) is 6.54 Å². The van der Waals surface area contributed by atoms with Gasteiger partial charge in [-0.25, -0.2) is 0 Å². The van der Waals surface area contributed by atoms with Crippen molar-refractivity contribution in [3.8, 4) is 0 Å². The molecule has 0 bridgehead atoms. The molecular weight excluding hydrogens is 216 g/mol. The van der Waals surface area contributed by atoms with E-state index in [0.29, 0.717) is 10.6 Å². The first kappa shape index (κ1) is 10.4. The number of nitro groups is 1. The highest BCUT2D eigenvalue weighted by atomic mass is 35.5. The quantitative estimate of drug-likeness (QED) is 0.623. The van der Waals surface area contributed by atoms with E-state index in [4.69, 9.17) is 11.6 Å². The summed E-state index contributed by atoms with van der Waals surface area (Å²) >= 11 is 5.85. The smallest absolute Gasteiger partial charge is 0.274 e. The topological polar surface area (TPSA) is 55.2 Å². The lowest BCUT2D eigenvalue weighted by Gasteiger charge is -2.10. The maximum Gasteiger partial charge on any atom is 0.274 e. The lowest BCUT2D eigenvalue weighted by Crippen LogP contribution is -2.14. The molecule has 5 heteroatoms. The summed E-state index contributed by atoms with van der Waals surface area (Å²) in [4.78, 5) is 10.5. The average molecular weight is 227 g/mol. The summed E-state index contributed by atoms with van der Waals surface area (Å²) in [7, 11) is 0. The Hall–Kier alpha value is -1.13. The fourth-order valence-electron chi connectivity index (χ4n) is 1.92. The maximum absolute atomic E-state index is 10.8. The minimum absolute atomic E-state index is 0.0732. The molecule has 1 heterocycles. The highest BCUT2D eigenvalue weighted by Gasteiger charge is 2.24. The minimum atomic E-state index is -0.355. The van der Waals surface area contributed by atoms with Gasteiger partial charge in [0, 0.05) is 22.7 Å². The number of rotatable bonds is 2. The lowest BCUT2D eigenvalue weighted by molar-refractivity contribution is -0.385. The zero-order valence-electron chi connectivity index (χ0n) is 8.07. The van der Waals surface area contributed by atoms with Crippen molar-refractivity contribution in [3.05, 3.63) is 38.9 Å². The van der Waals surface area contributed by atoms with E-state index in [-0.39, 0.29) is 16.7 Å². The van der Waals surface area contributed by atoms with Gasteiger partial charge in [0.25, 0.3) is 5.69 Å². The van der Waals surface area contributed by atoms with Gasteiger partial charge in [-0.05, 0) is 31.5 Å². The second-order valence-electron chi connectivity index (χ2n) is 3.61. The average Bonchev–Trinajstić information content (AvgIpc) is 2.69. The molecule has 0 aromatic heterocycles. The van der Waals surface area contributed by atoms with E-state index in [1.807, 2.05) is 0 Å². The van der Waals surface area contributed by atoms with Crippen LogP contribution in [-0.4, -0.2) is 11.5 Å². The molecule has 1 aromatic carbocycles. The molecule has 1 aliphatic heterocycles. The third-order valence-electron chi connectivity index (χ3n) is 2.62. The molecule has 0 spiro atoms. The van der Waals surface area contributed by atoms with Crippen molar-refractivity contribution < 1.29 is 4.92 Å². The van der Waals surface area contributed by atoms with Crippen LogP contribution in [0.3, 0.4) is 0 Å². The predicted molar refractivity (Wildman–Crippen MR) is 58.1 cm³/mol. The minimum Gasteiger partial charge on any atom is -0.310 e.